The van der Waals surface area contributed by atoms with Gasteiger partial charge in [0.25, 0.3) is 0 Å². The minimum atomic E-state index is -1.31. The summed E-state index contributed by atoms with van der Waals surface area (Å²) in [5.74, 6) is -0.757. The summed E-state index contributed by atoms with van der Waals surface area (Å²) in [4.78, 5) is 24.1. The molecule has 0 radical (unpaired) electrons. The Balaban J connectivity index is 2.73. The molecule has 0 aromatic rings. The number of nitro groups is 1. The molecule has 0 aromatic carbocycles. The molecule has 0 aromatic heterocycles. The van der Waals surface area contributed by atoms with Crippen LogP contribution in [0, 0.1) is 10.1 Å². The number of rotatable bonds is 1. The summed E-state index contributed by atoms with van der Waals surface area (Å²) in [5, 5.41) is 10.0. The third kappa shape index (κ3) is 1.04. The molecule has 0 saturated heterocycles. The maximum Gasteiger partial charge on any atom is 0.331 e. The van der Waals surface area contributed by atoms with E-state index in [1.807, 2.05) is 5.48 Å². The van der Waals surface area contributed by atoms with Gasteiger partial charge in [-0.05, 0) is 0 Å². The van der Waals surface area contributed by atoms with Crippen LogP contribution in [-0.2, 0) is 9.63 Å². The number of nitrogens with zero attached hydrogens (tertiary/aromatic N) is 1. The predicted molar refractivity (Wildman–Crippen MR) is 29.2 cm³/mol. The van der Waals surface area contributed by atoms with Gasteiger partial charge in [-0.1, -0.05) is 0 Å². The van der Waals surface area contributed by atoms with Crippen LogP contribution in [-0.4, -0.2) is 16.9 Å². The van der Waals surface area contributed by atoms with Gasteiger partial charge >= 0.3 is 11.9 Å². The summed E-state index contributed by atoms with van der Waals surface area (Å²) in [7, 11) is 0. The van der Waals surface area contributed by atoms with Crippen molar-refractivity contribution in [3.8, 4) is 0 Å². The fourth-order valence-corrected chi connectivity index (χ4v) is 0.520. The van der Waals surface area contributed by atoms with Crippen molar-refractivity contribution in [3.63, 3.8) is 0 Å². The van der Waals surface area contributed by atoms with E-state index in [2.05, 4.69) is 4.84 Å². The number of hydrogen-bond acceptors (Lipinski definition) is 4. The number of hydrogen-bond donors (Lipinski definition) is 1. The Bertz CT molecular complexity index is 199. The van der Waals surface area contributed by atoms with Crippen LogP contribution in [0.2, 0.25) is 0 Å². The lowest BCUT2D eigenvalue weighted by molar-refractivity contribution is -0.497. The molecule has 0 bridgehead atoms. The van der Waals surface area contributed by atoms with Crippen molar-refractivity contribution >= 4 is 5.91 Å². The molecule has 54 valence electrons. The first-order valence-corrected chi connectivity index (χ1v) is 2.47. The highest BCUT2D eigenvalue weighted by Crippen LogP contribution is 1.97. The van der Waals surface area contributed by atoms with E-state index in [1.165, 1.54) is 0 Å². The first-order chi connectivity index (χ1) is 4.72. The summed E-state index contributed by atoms with van der Waals surface area (Å²) in [6.07, 6.45) is 2.13. The first-order valence-electron chi connectivity index (χ1n) is 2.47. The monoisotopic (exact) mass is 144 g/mol. The second-order valence-electron chi connectivity index (χ2n) is 1.64. The van der Waals surface area contributed by atoms with Gasteiger partial charge in [-0.15, -0.1) is 0 Å². The average molecular weight is 144 g/mol. The van der Waals surface area contributed by atoms with E-state index in [1.54, 1.807) is 0 Å². The van der Waals surface area contributed by atoms with Crippen molar-refractivity contribution in [3.05, 3.63) is 22.5 Å². The fraction of sp³-hybridized carbons (Fsp3) is 0.250. The van der Waals surface area contributed by atoms with Crippen molar-refractivity contribution < 1.29 is 14.6 Å². The standard InChI is InChI=1S/C4H4N2O4/c7-4-3(6(8)9)1-2-10-5-4/h1-3H,(H,5,7). The smallest absolute Gasteiger partial charge is 0.331 e. The molecule has 1 N–H and O–H groups in total. The molecule has 1 atom stereocenters. The summed E-state index contributed by atoms with van der Waals surface area (Å²) in [6.45, 7) is 0. The third-order valence-electron chi connectivity index (χ3n) is 0.984. The highest BCUT2D eigenvalue weighted by atomic mass is 16.7. The average Bonchev–Trinajstić information content (AvgIpc) is 1.88. The van der Waals surface area contributed by atoms with Crippen LogP contribution in [0.4, 0.5) is 0 Å². The second kappa shape index (κ2) is 2.34. The first kappa shape index (κ1) is 6.53. The molecule has 1 rings (SSSR count). The van der Waals surface area contributed by atoms with Gasteiger partial charge in [0, 0.05) is 11.0 Å². The van der Waals surface area contributed by atoms with Crippen molar-refractivity contribution in [2.75, 3.05) is 0 Å². The molecule has 0 saturated carbocycles. The Hall–Kier alpha value is -1.59. The molecule has 6 nitrogen and oxygen atoms in total. The molecule has 0 fully saturated rings. The van der Waals surface area contributed by atoms with Gasteiger partial charge in [-0.3, -0.25) is 14.9 Å². The Kier molecular flexibility index (Phi) is 1.53. The minimum Gasteiger partial charge on any atom is -0.387 e. The van der Waals surface area contributed by atoms with E-state index in [0.717, 1.165) is 12.3 Å². The number of hydroxylamine groups is 1. The van der Waals surface area contributed by atoms with Gasteiger partial charge in [0.2, 0.25) is 0 Å². The molecule has 0 spiro atoms. The molecule has 0 aliphatic carbocycles. The quantitative estimate of drug-likeness (QED) is 0.386. The van der Waals surface area contributed by atoms with Gasteiger partial charge in [0.1, 0.15) is 6.26 Å². The molecule has 1 unspecified atom stereocenters. The highest BCUT2D eigenvalue weighted by molar-refractivity contribution is 5.81. The zero-order valence-corrected chi connectivity index (χ0v) is 4.81. The van der Waals surface area contributed by atoms with E-state index in [0.29, 0.717) is 0 Å². The van der Waals surface area contributed by atoms with Gasteiger partial charge in [0.15, 0.2) is 0 Å². The van der Waals surface area contributed by atoms with Crippen molar-refractivity contribution in [2.45, 2.75) is 6.04 Å². The molecular weight excluding hydrogens is 140 g/mol. The van der Waals surface area contributed by atoms with E-state index >= 15 is 0 Å². The van der Waals surface area contributed by atoms with Crippen LogP contribution in [0.5, 0.6) is 0 Å². The SMILES string of the molecule is O=C1NOC=CC1[N+](=O)[O-]. The zero-order valence-electron chi connectivity index (χ0n) is 4.81. The molecule has 10 heavy (non-hydrogen) atoms. The summed E-state index contributed by atoms with van der Waals surface area (Å²) < 4.78 is 0. The van der Waals surface area contributed by atoms with Crippen molar-refractivity contribution in [1.82, 2.24) is 5.48 Å². The van der Waals surface area contributed by atoms with Crippen molar-refractivity contribution in [1.29, 1.82) is 0 Å². The Morgan fingerprint density at radius 2 is 2.50 bits per heavy atom. The summed E-state index contributed by atoms with van der Waals surface area (Å²) in [5.41, 5.74) is 1.85. The Labute approximate surface area is 55.6 Å². The molecule has 1 heterocycles. The van der Waals surface area contributed by atoms with Crippen LogP contribution in [0.3, 0.4) is 0 Å². The van der Waals surface area contributed by atoms with Crippen LogP contribution in [0.15, 0.2) is 12.3 Å². The van der Waals surface area contributed by atoms with E-state index in [4.69, 9.17) is 0 Å². The number of nitrogens with one attached hydrogen (secondary N) is 1. The minimum absolute atomic E-state index is 0.700. The summed E-state index contributed by atoms with van der Waals surface area (Å²) >= 11 is 0. The van der Waals surface area contributed by atoms with Gasteiger partial charge in [-0.2, -0.15) is 5.48 Å². The van der Waals surface area contributed by atoms with Gasteiger partial charge in [-0.25, -0.2) is 0 Å². The predicted octanol–water partition coefficient (Wildman–Crippen LogP) is -0.793. The lowest BCUT2D eigenvalue weighted by Crippen LogP contribution is -2.40. The van der Waals surface area contributed by atoms with Gasteiger partial charge < -0.3 is 4.84 Å². The van der Waals surface area contributed by atoms with E-state index in [-0.39, 0.29) is 0 Å². The fourth-order valence-electron chi connectivity index (χ4n) is 0.520. The van der Waals surface area contributed by atoms with Crippen LogP contribution < -0.4 is 5.48 Å². The maximum atomic E-state index is 10.5. The molecule has 6 heteroatoms. The summed E-state index contributed by atoms with van der Waals surface area (Å²) in [6, 6.07) is -1.31. The van der Waals surface area contributed by atoms with Crippen molar-refractivity contribution in [2.24, 2.45) is 0 Å². The molecule has 1 amide bonds. The Morgan fingerprint density at radius 3 is 2.90 bits per heavy atom. The topological polar surface area (TPSA) is 81.5 Å². The molecular formula is C4H4N2O4. The lowest BCUT2D eigenvalue weighted by Gasteiger charge is -2.09. The van der Waals surface area contributed by atoms with Crippen LogP contribution in [0.25, 0.3) is 0 Å². The van der Waals surface area contributed by atoms with E-state index in [9.17, 15) is 14.9 Å². The van der Waals surface area contributed by atoms with Gasteiger partial charge in [0.05, 0.1) is 0 Å². The lowest BCUT2D eigenvalue weighted by atomic mass is 10.3. The number of amides is 1. The largest absolute Gasteiger partial charge is 0.387 e. The van der Waals surface area contributed by atoms with Crippen LogP contribution in [0.1, 0.15) is 0 Å². The third-order valence-corrected chi connectivity index (χ3v) is 0.984. The zero-order chi connectivity index (χ0) is 7.56. The second-order valence-corrected chi connectivity index (χ2v) is 1.64. The molecule has 1 aliphatic heterocycles. The maximum absolute atomic E-state index is 10.5. The highest BCUT2D eigenvalue weighted by Gasteiger charge is 2.29. The molecule has 1 aliphatic rings. The number of carbonyl (C=O) groups excluding carboxylic acids is 1. The normalized spacial score (nSPS) is 23.2. The van der Waals surface area contributed by atoms with E-state index < -0.39 is 16.9 Å². The van der Waals surface area contributed by atoms with Crippen LogP contribution >= 0.6 is 0 Å². The number of carbonyl (C=O) groups is 1. The Morgan fingerprint density at radius 1 is 1.80 bits per heavy atom.